The van der Waals surface area contributed by atoms with E-state index >= 15 is 0 Å². The Kier molecular flexibility index (Phi) is 4.78. The molecule has 0 amide bonds. The van der Waals surface area contributed by atoms with Gasteiger partial charge in [-0.3, -0.25) is 9.69 Å². The Labute approximate surface area is 90.5 Å². The van der Waals surface area contributed by atoms with Gasteiger partial charge in [-0.25, -0.2) is 0 Å². The van der Waals surface area contributed by atoms with E-state index in [2.05, 4.69) is 13.5 Å². The van der Waals surface area contributed by atoms with E-state index in [9.17, 15) is 4.79 Å². The van der Waals surface area contributed by atoms with Gasteiger partial charge in [-0.05, 0) is 19.8 Å². The van der Waals surface area contributed by atoms with Gasteiger partial charge in [-0.15, -0.1) is 6.58 Å². The molecule has 1 rings (SSSR count). The molecule has 4 nitrogen and oxygen atoms in total. The lowest BCUT2D eigenvalue weighted by molar-refractivity contribution is -0.138. The van der Waals surface area contributed by atoms with Crippen LogP contribution in [0.5, 0.6) is 0 Å². The van der Waals surface area contributed by atoms with Crippen LogP contribution in [0.25, 0.3) is 0 Å². The first-order valence-electron chi connectivity index (χ1n) is 5.32. The Hall–Kier alpha value is -0.870. The van der Waals surface area contributed by atoms with Crippen LogP contribution in [0.1, 0.15) is 19.8 Å². The van der Waals surface area contributed by atoms with E-state index in [4.69, 9.17) is 9.84 Å². The summed E-state index contributed by atoms with van der Waals surface area (Å²) in [6.07, 6.45) is 4.31. The summed E-state index contributed by atoms with van der Waals surface area (Å²) in [5.41, 5.74) is 0. The quantitative estimate of drug-likeness (QED) is 0.672. The maximum Gasteiger partial charge on any atom is 0.317 e. The monoisotopic (exact) mass is 213 g/mol. The van der Waals surface area contributed by atoms with Gasteiger partial charge in [0.15, 0.2) is 0 Å². The molecule has 0 aromatic rings. The molecule has 15 heavy (non-hydrogen) atoms. The van der Waals surface area contributed by atoms with E-state index < -0.39 is 5.97 Å². The molecule has 0 aromatic carbocycles. The van der Waals surface area contributed by atoms with Crippen molar-refractivity contribution in [3.63, 3.8) is 0 Å². The third-order valence-electron chi connectivity index (χ3n) is 2.53. The minimum Gasteiger partial charge on any atom is -0.480 e. The fraction of sp³-hybridized carbons (Fsp3) is 0.727. The number of ether oxygens (including phenoxy) is 1. The van der Waals surface area contributed by atoms with Crippen LogP contribution in [-0.2, 0) is 9.53 Å². The van der Waals surface area contributed by atoms with Crippen LogP contribution in [0.2, 0.25) is 0 Å². The van der Waals surface area contributed by atoms with Crippen molar-refractivity contribution in [3.8, 4) is 0 Å². The number of carboxylic acid groups (broad SMARTS) is 1. The summed E-state index contributed by atoms with van der Waals surface area (Å²) in [5.74, 6) is -0.803. The maximum atomic E-state index is 10.6. The van der Waals surface area contributed by atoms with Gasteiger partial charge in [0.1, 0.15) is 0 Å². The molecule has 0 spiro atoms. The summed E-state index contributed by atoms with van der Waals surface area (Å²) in [5, 5.41) is 8.72. The van der Waals surface area contributed by atoms with Crippen LogP contribution in [0.4, 0.5) is 0 Å². The molecule has 0 radical (unpaired) electrons. The molecule has 0 bridgehead atoms. The van der Waals surface area contributed by atoms with Crippen LogP contribution in [0, 0.1) is 0 Å². The van der Waals surface area contributed by atoms with Gasteiger partial charge < -0.3 is 9.84 Å². The summed E-state index contributed by atoms with van der Waals surface area (Å²) in [7, 11) is 0. The molecular weight excluding hydrogens is 194 g/mol. The smallest absolute Gasteiger partial charge is 0.317 e. The van der Waals surface area contributed by atoms with Crippen LogP contribution in [0.15, 0.2) is 12.7 Å². The highest BCUT2D eigenvalue weighted by Crippen LogP contribution is 2.19. The second kappa shape index (κ2) is 5.88. The summed E-state index contributed by atoms with van der Waals surface area (Å²) < 4.78 is 5.65. The van der Waals surface area contributed by atoms with E-state index in [-0.39, 0.29) is 12.6 Å². The van der Waals surface area contributed by atoms with Crippen molar-refractivity contribution in [2.75, 3.05) is 19.6 Å². The highest BCUT2D eigenvalue weighted by molar-refractivity contribution is 5.69. The van der Waals surface area contributed by atoms with Crippen LogP contribution >= 0.6 is 0 Å². The van der Waals surface area contributed by atoms with Crippen LogP contribution in [-0.4, -0.2) is 47.8 Å². The van der Waals surface area contributed by atoms with E-state index in [0.29, 0.717) is 19.2 Å². The molecule has 4 heteroatoms. The molecule has 2 unspecified atom stereocenters. The van der Waals surface area contributed by atoms with Gasteiger partial charge in [0, 0.05) is 13.1 Å². The molecule has 1 heterocycles. The molecule has 1 saturated heterocycles. The first kappa shape index (κ1) is 12.2. The van der Waals surface area contributed by atoms with Gasteiger partial charge in [-0.2, -0.15) is 0 Å². The van der Waals surface area contributed by atoms with Gasteiger partial charge in [-0.1, -0.05) is 6.08 Å². The number of aliphatic carboxylic acids is 1. The minimum atomic E-state index is -0.803. The van der Waals surface area contributed by atoms with Crippen molar-refractivity contribution in [1.29, 1.82) is 0 Å². The molecule has 2 atom stereocenters. The standard InChI is InChI=1S/C11H19NO3/c1-3-6-12(8-11(13)14)7-10-5-4-9(2)15-10/h3,9-10H,1,4-8H2,2H3,(H,13,14). The Bertz CT molecular complexity index is 230. The average molecular weight is 213 g/mol. The first-order chi connectivity index (χ1) is 7.11. The van der Waals surface area contributed by atoms with Crippen molar-refractivity contribution in [3.05, 3.63) is 12.7 Å². The lowest BCUT2D eigenvalue weighted by Gasteiger charge is -2.22. The highest BCUT2D eigenvalue weighted by Gasteiger charge is 2.24. The number of carbonyl (C=O) groups is 1. The number of nitrogens with zero attached hydrogens (tertiary/aromatic N) is 1. The van der Waals surface area contributed by atoms with Crippen molar-refractivity contribution < 1.29 is 14.6 Å². The Balaban J connectivity index is 2.36. The average Bonchev–Trinajstić information content (AvgIpc) is 2.50. The van der Waals surface area contributed by atoms with Crippen LogP contribution < -0.4 is 0 Å². The number of hydrogen-bond donors (Lipinski definition) is 1. The van der Waals surface area contributed by atoms with Crippen molar-refractivity contribution in [2.45, 2.75) is 32.0 Å². The van der Waals surface area contributed by atoms with Crippen molar-refractivity contribution in [1.82, 2.24) is 4.90 Å². The Morgan fingerprint density at radius 2 is 2.40 bits per heavy atom. The minimum absolute atomic E-state index is 0.0558. The van der Waals surface area contributed by atoms with Gasteiger partial charge in [0.25, 0.3) is 0 Å². The van der Waals surface area contributed by atoms with E-state index in [1.165, 1.54) is 0 Å². The molecule has 0 aliphatic carbocycles. The summed E-state index contributed by atoms with van der Waals surface area (Å²) in [6.45, 7) is 7.01. The summed E-state index contributed by atoms with van der Waals surface area (Å²) in [6, 6.07) is 0. The summed E-state index contributed by atoms with van der Waals surface area (Å²) >= 11 is 0. The zero-order chi connectivity index (χ0) is 11.3. The fourth-order valence-corrected chi connectivity index (χ4v) is 1.89. The lowest BCUT2D eigenvalue weighted by atomic mass is 10.2. The highest BCUT2D eigenvalue weighted by atomic mass is 16.5. The van der Waals surface area contributed by atoms with Gasteiger partial charge >= 0.3 is 5.97 Å². The van der Waals surface area contributed by atoms with Crippen molar-refractivity contribution >= 4 is 5.97 Å². The predicted octanol–water partition coefficient (Wildman–Crippen LogP) is 1.13. The zero-order valence-electron chi connectivity index (χ0n) is 9.19. The van der Waals surface area contributed by atoms with E-state index in [1.807, 2.05) is 4.90 Å². The van der Waals surface area contributed by atoms with Gasteiger partial charge in [0.05, 0.1) is 18.8 Å². The molecule has 1 fully saturated rings. The molecule has 1 aliphatic rings. The molecule has 1 N–H and O–H groups in total. The van der Waals surface area contributed by atoms with E-state index in [0.717, 1.165) is 12.8 Å². The molecular formula is C11H19NO3. The fourth-order valence-electron chi connectivity index (χ4n) is 1.89. The molecule has 0 aromatic heterocycles. The lowest BCUT2D eigenvalue weighted by Crippen LogP contribution is -2.36. The molecule has 1 aliphatic heterocycles. The third-order valence-corrected chi connectivity index (χ3v) is 2.53. The first-order valence-corrected chi connectivity index (χ1v) is 5.32. The molecule has 86 valence electrons. The topological polar surface area (TPSA) is 49.8 Å². The second-order valence-corrected chi connectivity index (χ2v) is 4.02. The Morgan fingerprint density at radius 3 is 2.87 bits per heavy atom. The van der Waals surface area contributed by atoms with Crippen molar-refractivity contribution in [2.24, 2.45) is 0 Å². The van der Waals surface area contributed by atoms with Crippen LogP contribution in [0.3, 0.4) is 0 Å². The zero-order valence-corrected chi connectivity index (χ0v) is 9.19. The number of carboxylic acids is 1. The predicted molar refractivity (Wildman–Crippen MR) is 57.8 cm³/mol. The largest absolute Gasteiger partial charge is 0.480 e. The Morgan fingerprint density at radius 1 is 1.67 bits per heavy atom. The SMILES string of the molecule is C=CCN(CC(=O)O)CC1CCC(C)O1. The third kappa shape index (κ3) is 4.44. The van der Waals surface area contributed by atoms with Gasteiger partial charge in [0.2, 0.25) is 0 Å². The normalized spacial score (nSPS) is 25.7. The van der Waals surface area contributed by atoms with E-state index in [1.54, 1.807) is 6.08 Å². The summed E-state index contributed by atoms with van der Waals surface area (Å²) in [4.78, 5) is 12.5. The maximum absolute atomic E-state index is 10.6. The number of rotatable bonds is 6. The molecule has 0 saturated carbocycles. The number of hydrogen-bond acceptors (Lipinski definition) is 3. The second-order valence-electron chi connectivity index (χ2n) is 4.02.